The lowest BCUT2D eigenvalue weighted by atomic mass is 10.00. The molecule has 64 valence electrons. The van der Waals surface area contributed by atoms with Gasteiger partial charge < -0.3 is 16.2 Å². The molecule has 0 rings (SSSR count). The molecule has 1 unspecified atom stereocenters. The molecule has 0 aromatic carbocycles. The van der Waals surface area contributed by atoms with E-state index in [-0.39, 0.29) is 0 Å². The summed E-state index contributed by atoms with van der Waals surface area (Å²) in [6.07, 6.45) is 0.297. The molecule has 0 spiro atoms. The van der Waals surface area contributed by atoms with Gasteiger partial charge in [0, 0.05) is 0 Å². The number of hydrogen-bond donors (Lipinski definition) is 3. The zero-order valence-corrected chi connectivity index (χ0v) is 6.55. The Labute approximate surface area is 64.6 Å². The minimum Gasteiger partial charge on any atom is -0.480 e. The number of carbonyl (C=O) groups is 2. The number of carboxylic acid groups (broad SMARTS) is 1. The second kappa shape index (κ2) is 3.23. The van der Waals surface area contributed by atoms with E-state index in [1.165, 1.54) is 6.92 Å². The van der Waals surface area contributed by atoms with Crippen LogP contribution in [0.15, 0.2) is 0 Å². The van der Waals surface area contributed by atoms with Crippen molar-refractivity contribution in [2.24, 2.45) is 5.73 Å². The molecule has 0 bridgehead atoms. The molecule has 0 heterocycles. The minimum atomic E-state index is -1.24. The van der Waals surface area contributed by atoms with Crippen molar-refractivity contribution in [3.05, 3.63) is 0 Å². The first-order valence-corrected chi connectivity index (χ1v) is 3.23. The van der Waals surface area contributed by atoms with Crippen LogP contribution in [0.4, 0.5) is 4.79 Å². The molecule has 0 aliphatic heterocycles. The van der Waals surface area contributed by atoms with Crippen molar-refractivity contribution in [1.82, 2.24) is 5.32 Å². The number of carbonyl (C=O) groups excluding carboxylic acids is 1. The highest BCUT2D eigenvalue weighted by Gasteiger charge is 2.31. The van der Waals surface area contributed by atoms with Crippen molar-refractivity contribution >= 4 is 12.0 Å². The van der Waals surface area contributed by atoms with Gasteiger partial charge in [-0.1, -0.05) is 6.92 Å². The third kappa shape index (κ3) is 2.45. The SMILES string of the molecule is CCC(C)(NC(N)=O)C(=O)O. The molecule has 0 aromatic rings. The van der Waals surface area contributed by atoms with E-state index in [1.54, 1.807) is 6.92 Å². The Morgan fingerprint density at radius 1 is 1.64 bits per heavy atom. The molecule has 0 aromatic heterocycles. The lowest BCUT2D eigenvalue weighted by Crippen LogP contribution is -2.53. The second-order valence-corrected chi connectivity index (χ2v) is 2.48. The number of nitrogens with one attached hydrogen (secondary N) is 1. The topological polar surface area (TPSA) is 92.4 Å². The van der Waals surface area contributed by atoms with Gasteiger partial charge in [-0.05, 0) is 13.3 Å². The van der Waals surface area contributed by atoms with Crippen molar-refractivity contribution in [2.45, 2.75) is 25.8 Å². The van der Waals surface area contributed by atoms with Crippen LogP contribution in [-0.4, -0.2) is 22.6 Å². The maximum absolute atomic E-state index is 10.5. The Morgan fingerprint density at radius 3 is 2.18 bits per heavy atom. The van der Waals surface area contributed by atoms with Gasteiger partial charge in [-0.2, -0.15) is 0 Å². The molecular weight excluding hydrogens is 148 g/mol. The van der Waals surface area contributed by atoms with Crippen molar-refractivity contribution in [3.8, 4) is 0 Å². The maximum atomic E-state index is 10.5. The van der Waals surface area contributed by atoms with E-state index < -0.39 is 17.5 Å². The van der Waals surface area contributed by atoms with Gasteiger partial charge in [-0.3, -0.25) is 0 Å². The van der Waals surface area contributed by atoms with Gasteiger partial charge in [0.05, 0.1) is 0 Å². The van der Waals surface area contributed by atoms with Gasteiger partial charge in [-0.15, -0.1) is 0 Å². The number of urea groups is 1. The van der Waals surface area contributed by atoms with Crippen molar-refractivity contribution in [2.75, 3.05) is 0 Å². The predicted molar refractivity (Wildman–Crippen MR) is 39.1 cm³/mol. The summed E-state index contributed by atoms with van der Waals surface area (Å²) in [6, 6.07) is -0.822. The summed E-state index contributed by atoms with van der Waals surface area (Å²) < 4.78 is 0. The zero-order valence-electron chi connectivity index (χ0n) is 6.55. The first kappa shape index (κ1) is 9.74. The van der Waals surface area contributed by atoms with E-state index in [0.717, 1.165) is 0 Å². The summed E-state index contributed by atoms with van der Waals surface area (Å²) in [5.74, 6) is -1.08. The molecule has 0 aliphatic rings. The fraction of sp³-hybridized carbons (Fsp3) is 0.667. The summed E-state index contributed by atoms with van der Waals surface area (Å²) in [7, 11) is 0. The highest BCUT2D eigenvalue weighted by molar-refractivity contribution is 5.85. The van der Waals surface area contributed by atoms with E-state index in [0.29, 0.717) is 6.42 Å². The maximum Gasteiger partial charge on any atom is 0.329 e. The smallest absolute Gasteiger partial charge is 0.329 e. The van der Waals surface area contributed by atoms with Crippen LogP contribution in [0.1, 0.15) is 20.3 Å². The van der Waals surface area contributed by atoms with Gasteiger partial charge >= 0.3 is 12.0 Å². The van der Waals surface area contributed by atoms with Crippen LogP contribution < -0.4 is 11.1 Å². The Bertz CT molecular complexity index is 181. The van der Waals surface area contributed by atoms with Gasteiger partial charge in [0.1, 0.15) is 5.54 Å². The molecule has 2 amide bonds. The highest BCUT2D eigenvalue weighted by Crippen LogP contribution is 2.07. The van der Waals surface area contributed by atoms with E-state index in [1.807, 2.05) is 0 Å². The molecule has 0 saturated carbocycles. The monoisotopic (exact) mass is 160 g/mol. The van der Waals surface area contributed by atoms with Gasteiger partial charge in [0.15, 0.2) is 0 Å². The van der Waals surface area contributed by atoms with Crippen LogP contribution in [-0.2, 0) is 4.79 Å². The lowest BCUT2D eigenvalue weighted by molar-refractivity contribution is -0.143. The lowest BCUT2D eigenvalue weighted by Gasteiger charge is -2.22. The summed E-state index contributed by atoms with van der Waals surface area (Å²) in [5, 5.41) is 10.8. The molecule has 4 N–H and O–H groups in total. The van der Waals surface area contributed by atoms with Crippen LogP contribution in [0.25, 0.3) is 0 Å². The number of carboxylic acids is 1. The molecule has 1 atom stereocenters. The first-order chi connectivity index (χ1) is 4.92. The quantitative estimate of drug-likeness (QED) is 0.538. The summed E-state index contributed by atoms with van der Waals surface area (Å²) >= 11 is 0. The fourth-order valence-electron chi connectivity index (χ4n) is 0.565. The zero-order chi connectivity index (χ0) is 9.07. The highest BCUT2D eigenvalue weighted by atomic mass is 16.4. The molecule has 5 nitrogen and oxygen atoms in total. The van der Waals surface area contributed by atoms with Gasteiger partial charge in [-0.25, -0.2) is 9.59 Å². The Balaban J connectivity index is 4.34. The number of nitrogens with two attached hydrogens (primary N) is 1. The molecule has 0 aliphatic carbocycles. The van der Waals surface area contributed by atoms with Gasteiger partial charge in [0.25, 0.3) is 0 Å². The minimum absolute atomic E-state index is 0.297. The number of primary amides is 1. The van der Waals surface area contributed by atoms with Crippen molar-refractivity contribution < 1.29 is 14.7 Å². The van der Waals surface area contributed by atoms with E-state index in [2.05, 4.69) is 5.32 Å². The predicted octanol–water partition coefficient (Wildman–Crippen LogP) is -0.0920. The van der Waals surface area contributed by atoms with Crippen LogP contribution in [0, 0.1) is 0 Å². The van der Waals surface area contributed by atoms with Crippen LogP contribution in [0.5, 0.6) is 0 Å². The standard InChI is InChI=1S/C6H12N2O3/c1-3-6(2,4(9)10)8-5(7)11/h3H2,1-2H3,(H,9,10)(H3,7,8,11). The van der Waals surface area contributed by atoms with Crippen molar-refractivity contribution in [1.29, 1.82) is 0 Å². The van der Waals surface area contributed by atoms with Gasteiger partial charge in [0.2, 0.25) is 0 Å². The number of aliphatic carboxylic acids is 1. The average molecular weight is 160 g/mol. The Hall–Kier alpha value is -1.26. The normalized spacial score (nSPS) is 15.1. The molecule has 0 fully saturated rings. The van der Waals surface area contributed by atoms with E-state index >= 15 is 0 Å². The second-order valence-electron chi connectivity index (χ2n) is 2.48. The summed E-state index contributed by atoms with van der Waals surface area (Å²) in [6.45, 7) is 3.06. The summed E-state index contributed by atoms with van der Waals surface area (Å²) in [5.41, 5.74) is 3.53. The van der Waals surface area contributed by atoms with Crippen LogP contribution in [0.3, 0.4) is 0 Å². The molecule has 0 saturated heterocycles. The number of amides is 2. The Kier molecular flexibility index (Phi) is 2.86. The third-order valence-electron chi connectivity index (χ3n) is 1.58. The number of hydrogen-bond acceptors (Lipinski definition) is 2. The molecule has 5 heteroatoms. The largest absolute Gasteiger partial charge is 0.480 e. The molecule has 0 radical (unpaired) electrons. The number of rotatable bonds is 3. The molecular formula is C6H12N2O3. The first-order valence-electron chi connectivity index (χ1n) is 3.23. The third-order valence-corrected chi connectivity index (χ3v) is 1.58. The van der Waals surface area contributed by atoms with Crippen LogP contribution >= 0.6 is 0 Å². The Morgan fingerprint density at radius 2 is 2.09 bits per heavy atom. The summed E-state index contributed by atoms with van der Waals surface area (Å²) in [4.78, 5) is 20.8. The van der Waals surface area contributed by atoms with E-state index in [4.69, 9.17) is 10.8 Å². The van der Waals surface area contributed by atoms with Crippen molar-refractivity contribution in [3.63, 3.8) is 0 Å². The average Bonchev–Trinajstić information content (AvgIpc) is 1.86. The van der Waals surface area contributed by atoms with E-state index in [9.17, 15) is 9.59 Å². The fourth-order valence-corrected chi connectivity index (χ4v) is 0.565. The molecule has 11 heavy (non-hydrogen) atoms. The van der Waals surface area contributed by atoms with Crippen LogP contribution in [0.2, 0.25) is 0 Å².